The number of ketones is 1. The first-order valence-corrected chi connectivity index (χ1v) is 13.2. The number of benzene rings is 2. The van der Waals surface area contributed by atoms with Crippen molar-refractivity contribution in [2.45, 2.75) is 51.9 Å². The molecule has 2 aliphatic heterocycles. The summed E-state index contributed by atoms with van der Waals surface area (Å²) in [5.41, 5.74) is 4.62. The highest BCUT2D eigenvalue weighted by Crippen LogP contribution is 2.34. The molecule has 0 bridgehead atoms. The van der Waals surface area contributed by atoms with E-state index in [4.69, 9.17) is 4.74 Å². The number of likely N-dealkylation sites (tertiary alicyclic amines) is 1. The third kappa shape index (κ3) is 5.97. The van der Waals surface area contributed by atoms with Gasteiger partial charge in [-0.3, -0.25) is 14.4 Å². The molecule has 1 amide bonds. The van der Waals surface area contributed by atoms with Crippen LogP contribution in [-0.4, -0.2) is 55.8 Å². The normalized spacial score (nSPS) is 19.8. The number of amides is 1. The summed E-state index contributed by atoms with van der Waals surface area (Å²) in [6.45, 7) is 6.55. The molecule has 2 aromatic carbocycles. The summed E-state index contributed by atoms with van der Waals surface area (Å²) >= 11 is 0. The maximum absolute atomic E-state index is 13.4. The van der Waals surface area contributed by atoms with E-state index in [1.54, 1.807) is 11.9 Å². The number of nitrogens with zero attached hydrogens (tertiary/aromatic N) is 2. The predicted molar refractivity (Wildman–Crippen MR) is 141 cm³/mol. The van der Waals surface area contributed by atoms with E-state index in [-0.39, 0.29) is 35.4 Å². The predicted octanol–water partition coefficient (Wildman–Crippen LogP) is 4.73. The standard InChI is InChI=1S/C30H38N2O4/c1-4-36-30(35)23-15-17-32(18-16-23)25-12-9-22(10-13-25)27(26-8-6-5-7-21(26)2)19-28(33)24-11-14-29(34)31(3)20-24/h5-10,12-13,23-24,27H,4,11,14-20H2,1-3H3/t24?,27-/m1/s1. The Morgan fingerprint density at radius 3 is 2.33 bits per heavy atom. The fourth-order valence-corrected chi connectivity index (χ4v) is 5.58. The first kappa shape index (κ1) is 25.9. The number of carbonyl (C=O) groups is 3. The molecule has 0 radical (unpaired) electrons. The topological polar surface area (TPSA) is 66.9 Å². The average Bonchev–Trinajstić information content (AvgIpc) is 2.89. The molecule has 0 N–H and O–H groups in total. The van der Waals surface area contributed by atoms with Crippen molar-refractivity contribution >= 4 is 23.3 Å². The van der Waals surface area contributed by atoms with Crippen molar-refractivity contribution in [3.05, 3.63) is 65.2 Å². The summed E-state index contributed by atoms with van der Waals surface area (Å²) in [7, 11) is 1.79. The van der Waals surface area contributed by atoms with Crippen LogP contribution < -0.4 is 4.90 Å². The quantitative estimate of drug-likeness (QED) is 0.501. The van der Waals surface area contributed by atoms with Crippen LogP contribution in [0.3, 0.4) is 0 Å². The molecular weight excluding hydrogens is 452 g/mol. The van der Waals surface area contributed by atoms with E-state index in [0.717, 1.165) is 37.2 Å². The van der Waals surface area contributed by atoms with E-state index in [1.807, 2.05) is 19.1 Å². The summed E-state index contributed by atoms with van der Waals surface area (Å²) in [6, 6.07) is 16.9. The van der Waals surface area contributed by atoms with Gasteiger partial charge >= 0.3 is 5.97 Å². The molecule has 2 aliphatic rings. The highest BCUT2D eigenvalue weighted by atomic mass is 16.5. The lowest BCUT2D eigenvalue weighted by Gasteiger charge is -2.33. The zero-order chi connectivity index (χ0) is 25.7. The molecule has 2 aromatic rings. The van der Waals surface area contributed by atoms with E-state index in [1.165, 1.54) is 11.1 Å². The molecule has 2 saturated heterocycles. The van der Waals surface area contributed by atoms with Crippen LogP contribution in [0.25, 0.3) is 0 Å². The molecule has 6 heteroatoms. The van der Waals surface area contributed by atoms with Crippen molar-refractivity contribution < 1.29 is 19.1 Å². The largest absolute Gasteiger partial charge is 0.466 e. The van der Waals surface area contributed by atoms with Gasteiger partial charge in [0.25, 0.3) is 0 Å². The summed E-state index contributed by atoms with van der Waals surface area (Å²) < 4.78 is 5.20. The lowest BCUT2D eigenvalue weighted by atomic mass is 9.81. The molecule has 2 heterocycles. The lowest BCUT2D eigenvalue weighted by Crippen LogP contribution is -2.40. The zero-order valence-electron chi connectivity index (χ0n) is 21.7. The Kier molecular flexibility index (Phi) is 8.44. The number of aryl methyl sites for hydroxylation is 1. The number of Topliss-reactive ketones (excluding diaryl/α,β-unsaturated/α-hetero) is 1. The molecule has 0 saturated carbocycles. The van der Waals surface area contributed by atoms with Gasteiger partial charge in [0.2, 0.25) is 5.91 Å². The number of carbonyl (C=O) groups excluding carboxylic acids is 3. The summed E-state index contributed by atoms with van der Waals surface area (Å²) in [5.74, 6) is 0.145. The highest BCUT2D eigenvalue weighted by molar-refractivity contribution is 5.86. The maximum atomic E-state index is 13.4. The van der Waals surface area contributed by atoms with Crippen LogP contribution in [0.5, 0.6) is 0 Å². The summed E-state index contributed by atoms with van der Waals surface area (Å²) in [6.07, 6.45) is 3.13. The second-order valence-electron chi connectivity index (χ2n) is 10.2. The molecule has 2 atom stereocenters. The molecule has 4 rings (SSSR count). The molecule has 0 aromatic heterocycles. The molecule has 6 nitrogen and oxygen atoms in total. The van der Waals surface area contributed by atoms with Gasteiger partial charge in [-0.1, -0.05) is 36.4 Å². The van der Waals surface area contributed by atoms with E-state index < -0.39 is 0 Å². The minimum absolute atomic E-state index is 0.00829. The minimum atomic E-state index is -0.0980. The van der Waals surface area contributed by atoms with Gasteiger partial charge in [-0.05, 0) is 61.9 Å². The molecule has 2 fully saturated rings. The van der Waals surface area contributed by atoms with Gasteiger partial charge in [0, 0.05) is 57.0 Å². The van der Waals surface area contributed by atoms with Crippen LogP contribution >= 0.6 is 0 Å². The maximum Gasteiger partial charge on any atom is 0.309 e. The van der Waals surface area contributed by atoms with Crippen molar-refractivity contribution in [3.8, 4) is 0 Å². The number of hydrogen-bond acceptors (Lipinski definition) is 5. The molecule has 0 spiro atoms. The summed E-state index contributed by atoms with van der Waals surface area (Å²) in [4.78, 5) is 41.4. The summed E-state index contributed by atoms with van der Waals surface area (Å²) in [5, 5.41) is 0. The van der Waals surface area contributed by atoms with E-state index in [9.17, 15) is 14.4 Å². The molecular formula is C30H38N2O4. The molecule has 1 unspecified atom stereocenters. The Bertz CT molecular complexity index is 1070. The van der Waals surface area contributed by atoms with Gasteiger partial charge in [0.05, 0.1) is 12.5 Å². The Morgan fingerprint density at radius 1 is 1.00 bits per heavy atom. The van der Waals surface area contributed by atoms with Crippen LogP contribution in [0, 0.1) is 18.8 Å². The number of ether oxygens (including phenoxy) is 1. The Morgan fingerprint density at radius 2 is 1.69 bits per heavy atom. The van der Waals surface area contributed by atoms with Crippen LogP contribution in [0.15, 0.2) is 48.5 Å². The zero-order valence-corrected chi connectivity index (χ0v) is 21.7. The average molecular weight is 491 g/mol. The molecule has 192 valence electrons. The Labute approximate surface area is 214 Å². The number of anilines is 1. The van der Waals surface area contributed by atoms with Crippen molar-refractivity contribution in [1.82, 2.24) is 4.90 Å². The number of hydrogen-bond donors (Lipinski definition) is 0. The van der Waals surface area contributed by atoms with Crippen LogP contribution in [0.1, 0.15) is 61.6 Å². The molecule has 0 aliphatic carbocycles. The molecule has 36 heavy (non-hydrogen) atoms. The van der Waals surface area contributed by atoms with Gasteiger partial charge in [0.15, 0.2) is 0 Å². The van der Waals surface area contributed by atoms with Crippen molar-refractivity contribution in [3.63, 3.8) is 0 Å². The van der Waals surface area contributed by atoms with Gasteiger partial charge < -0.3 is 14.5 Å². The monoisotopic (exact) mass is 490 g/mol. The van der Waals surface area contributed by atoms with Gasteiger partial charge in [0.1, 0.15) is 5.78 Å². The second kappa shape index (κ2) is 11.7. The SMILES string of the molecule is CCOC(=O)C1CCN(c2ccc([C@@H](CC(=O)C3CCC(=O)N(C)C3)c3ccccc3C)cc2)CC1. The van der Waals surface area contributed by atoms with Crippen LogP contribution in [0.2, 0.25) is 0 Å². The van der Waals surface area contributed by atoms with E-state index >= 15 is 0 Å². The van der Waals surface area contributed by atoms with Gasteiger partial charge in [-0.25, -0.2) is 0 Å². The van der Waals surface area contributed by atoms with Crippen molar-refractivity contribution in [2.24, 2.45) is 11.8 Å². The fourth-order valence-electron chi connectivity index (χ4n) is 5.58. The Balaban J connectivity index is 1.49. The minimum Gasteiger partial charge on any atom is -0.466 e. The Hall–Kier alpha value is -3.15. The first-order chi connectivity index (χ1) is 17.4. The second-order valence-corrected chi connectivity index (χ2v) is 10.2. The van der Waals surface area contributed by atoms with Crippen molar-refractivity contribution in [2.75, 3.05) is 38.2 Å². The van der Waals surface area contributed by atoms with Gasteiger partial charge in [-0.2, -0.15) is 0 Å². The first-order valence-electron chi connectivity index (χ1n) is 13.2. The fraction of sp³-hybridized carbons (Fsp3) is 0.500. The van der Waals surface area contributed by atoms with Crippen LogP contribution in [0.4, 0.5) is 5.69 Å². The van der Waals surface area contributed by atoms with Gasteiger partial charge in [-0.15, -0.1) is 0 Å². The number of esters is 1. The van der Waals surface area contributed by atoms with Crippen LogP contribution in [-0.2, 0) is 19.1 Å². The van der Waals surface area contributed by atoms with E-state index in [0.29, 0.717) is 32.4 Å². The van der Waals surface area contributed by atoms with Crippen molar-refractivity contribution in [1.29, 1.82) is 0 Å². The number of piperidine rings is 2. The highest BCUT2D eigenvalue weighted by Gasteiger charge is 2.31. The lowest BCUT2D eigenvalue weighted by molar-refractivity contribution is -0.148. The number of rotatable bonds is 8. The third-order valence-electron chi connectivity index (χ3n) is 7.83. The smallest absolute Gasteiger partial charge is 0.309 e. The van der Waals surface area contributed by atoms with E-state index in [2.05, 4.69) is 48.2 Å². The third-order valence-corrected chi connectivity index (χ3v) is 7.83.